The fourth-order valence-electron chi connectivity index (χ4n) is 3.63. The number of phenolic OH excluding ortho intramolecular Hbond substituents is 1. The summed E-state index contributed by atoms with van der Waals surface area (Å²) in [6.07, 6.45) is 3.71. The van der Waals surface area contributed by atoms with Gasteiger partial charge >= 0.3 is 0 Å². The van der Waals surface area contributed by atoms with Crippen LogP contribution in [0.1, 0.15) is 22.3 Å². The van der Waals surface area contributed by atoms with Gasteiger partial charge in [0.2, 0.25) is 0 Å². The molecule has 9 nitrogen and oxygen atoms in total. The van der Waals surface area contributed by atoms with Crippen LogP contribution in [0.15, 0.2) is 36.9 Å². The van der Waals surface area contributed by atoms with Crippen LogP contribution < -0.4 is 16.0 Å². The van der Waals surface area contributed by atoms with E-state index in [1.54, 1.807) is 22.8 Å². The molecule has 32 heavy (non-hydrogen) atoms. The normalized spacial score (nSPS) is 15.7. The van der Waals surface area contributed by atoms with E-state index in [1.165, 1.54) is 18.7 Å². The van der Waals surface area contributed by atoms with Crippen LogP contribution in [0.4, 0.5) is 5.69 Å². The number of hydrogen-bond acceptors (Lipinski definition) is 6. The van der Waals surface area contributed by atoms with Crippen molar-refractivity contribution in [2.75, 3.05) is 18.0 Å². The molecule has 3 aromatic rings. The molecular weight excluding hydrogens is 477 g/mol. The number of aromatic hydroxyl groups is 1. The van der Waals surface area contributed by atoms with Crippen LogP contribution in [-0.2, 0) is 0 Å². The van der Waals surface area contributed by atoms with E-state index in [9.17, 15) is 9.90 Å². The largest absolute Gasteiger partial charge is 0.505 e. The van der Waals surface area contributed by atoms with Crippen molar-refractivity contribution in [3.8, 4) is 11.4 Å². The fourth-order valence-corrected chi connectivity index (χ4v) is 4.34. The minimum atomic E-state index is -0.384. The number of amidine groups is 1. The number of nitrogens with one attached hydrogen (secondary N) is 2. The lowest BCUT2D eigenvalue weighted by atomic mass is 10.1. The van der Waals surface area contributed by atoms with Gasteiger partial charge in [-0.1, -0.05) is 34.8 Å². The molecule has 166 valence electrons. The third kappa shape index (κ3) is 4.19. The van der Waals surface area contributed by atoms with Crippen molar-refractivity contribution >= 4 is 52.2 Å². The van der Waals surface area contributed by atoms with Crippen molar-refractivity contribution in [2.45, 2.75) is 12.5 Å². The van der Waals surface area contributed by atoms with Crippen LogP contribution in [0, 0.1) is 5.41 Å². The highest BCUT2D eigenvalue weighted by atomic mass is 35.5. The molecule has 0 saturated carbocycles. The minimum absolute atomic E-state index is 0.0124. The van der Waals surface area contributed by atoms with Gasteiger partial charge in [0.1, 0.15) is 18.5 Å². The molecule has 1 fully saturated rings. The first-order valence-electron chi connectivity index (χ1n) is 9.52. The summed E-state index contributed by atoms with van der Waals surface area (Å²) in [6, 6.07) is 6.39. The van der Waals surface area contributed by atoms with Gasteiger partial charge in [-0.15, -0.1) is 10.2 Å². The lowest BCUT2D eigenvalue weighted by Gasteiger charge is -2.22. The molecular formula is C20H18Cl3N7O2. The van der Waals surface area contributed by atoms with Crippen molar-refractivity contribution in [1.82, 2.24) is 20.1 Å². The summed E-state index contributed by atoms with van der Waals surface area (Å²) in [4.78, 5) is 14.6. The van der Waals surface area contributed by atoms with Gasteiger partial charge in [0.25, 0.3) is 5.91 Å². The number of halogens is 3. The van der Waals surface area contributed by atoms with Crippen molar-refractivity contribution < 1.29 is 9.90 Å². The van der Waals surface area contributed by atoms with E-state index in [4.69, 9.17) is 45.9 Å². The molecule has 1 aromatic heterocycles. The van der Waals surface area contributed by atoms with E-state index in [1.807, 2.05) is 4.90 Å². The Morgan fingerprint density at radius 2 is 1.91 bits per heavy atom. The van der Waals surface area contributed by atoms with Gasteiger partial charge < -0.3 is 21.1 Å². The number of nitrogens with two attached hydrogens (primary N) is 1. The highest BCUT2D eigenvalue weighted by molar-refractivity contribution is 6.44. The van der Waals surface area contributed by atoms with E-state index >= 15 is 0 Å². The molecule has 0 bridgehead atoms. The van der Waals surface area contributed by atoms with Gasteiger partial charge in [-0.2, -0.15) is 0 Å². The zero-order valence-corrected chi connectivity index (χ0v) is 18.8. The summed E-state index contributed by atoms with van der Waals surface area (Å²) in [5.74, 6) is -0.906. The monoisotopic (exact) mass is 493 g/mol. The van der Waals surface area contributed by atoms with Gasteiger partial charge in [-0.25, -0.2) is 0 Å². The third-order valence-corrected chi connectivity index (χ3v) is 6.32. The molecule has 12 heteroatoms. The maximum absolute atomic E-state index is 12.8. The Hall–Kier alpha value is -3.01. The molecule has 0 aliphatic carbocycles. The smallest absolute Gasteiger partial charge is 0.253 e. The number of aromatic nitrogens is 3. The third-order valence-electron chi connectivity index (χ3n) is 5.22. The predicted molar refractivity (Wildman–Crippen MR) is 124 cm³/mol. The number of phenols is 1. The molecule has 5 N–H and O–H groups in total. The standard InChI is InChI=1S/C20H18Cl3N7O2/c21-13-5-11(30-8-26-27-9-30)1-2-12(13)20(32)28-10-3-4-29(7-10)15-6-14(22)17(23)16(18(15)31)19(24)25/h1-2,5-6,8-10,31H,3-4,7H2,(H3,24,25)(H,28,32)/t10-/m1/s1. The summed E-state index contributed by atoms with van der Waals surface area (Å²) in [5, 5.41) is 29.2. The van der Waals surface area contributed by atoms with Gasteiger partial charge in [0.15, 0.2) is 5.75 Å². The Balaban J connectivity index is 1.48. The predicted octanol–water partition coefficient (Wildman–Crippen LogP) is 3.23. The van der Waals surface area contributed by atoms with E-state index in [2.05, 4.69) is 15.5 Å². The van der Waals surface area contributed by atoms with Crippen LogP contribution >= 0.6 is 34.8 Å². The second-order valence-electron chi connectivity index (χ2n) is 7.27. The SMILES string of the molecule is N=C(N)c1c(O)c(N2CC[C@@H](NC(=O)c3ccc(-n4cnnc4)cc3Cl)C2)cc(Cl)c1Cl. The first-order chi connectivity index (χ1) is 15.3. The Kier molecular flexibility index (Phi) is 6.14. The fraction of sp³-hybridized carbons (Fsp3) is 0.200. The van der Waals surface area contributed by atoms with Gasteiger partial charge in [0, 0.05) is 24.8 Å². The number of carbonyl (C=O) groups is 1. The number of nitrogen functional groups attached to an aromatic ring is 1. The van der Waals surface area contributed by atoms with Crippen molar-refractivity contribution in [3.05, 3.63) is 63.1 Å². The molecule has 2 heterocycles. The number of benzene rings is 2. The molecule has 1 saturated heterocycles. The second kappa shape index (κ2) is 8.85. The average molecular weight is 495 g/mol. The summed E-state index contributed by atoms with van der Waals surface area (Å²) in [7, 11) is 0. The molecule has 1 aliphatic heterocycles. The quantitative estimate of drug-likeness (QED) is 0.318. The minimum Gasteiger partial charge on any atom is -0.505 e. The molecule has 1 aliphatic rings. The Bertz CT molecular complexity index is 1200. The highest BCUT2D eigenvalue weighted by Crippen LogP contribution is 2.41. The molecule has 0 spiro atoms. The van der Waals surface area contributed by atoms with Crippen LogP contribution in [0.25, 0.3) is 5.69 Å². The lowest BCUT2D eigenvalue weighted by Crippen LogP contribution is -2.37. The Labute approximate surface area is 198 Å². The summed E-state index contributed by atoms with van der Waals surface area (Å²) in [6.45, 7) is 0.971. The lowest BCUT2D eigenvalue weighted by molar-refractivity contribution is 0.0940. The number of amides is 1. The number of nitrogens with zero attached hydrogens (tertiary/aromatic N) is 4. The van der Waals surface area contributed by atoms with Crippen molar-refractivity contribution in [3.63, 3.8) is 0 Å². The molecule has 1 amide bonds. The molecule has 2 aromatic carbocycles. The second-order valence-corrected chi connectivity index (χ2v) is 8.46. The number of anilines is 1. The van der Waals surface area contributed by atoms with Gasteiger partial charge in [0.05, 0.1) is 31.9 Å². The summed E-state index contributed by atoms with van der Waals surface area (Å²) < 4.78 is 1.68. The first-order valence-corrected chi connectivity index (χ1v) is 10.7. The zero-order valence-electron chi connectivity index (χ0n) is 16.5. The average Bonchev–Trinajstić information content (AvgIpc) is 3.43. The molecule has 4 rings (SSSR count). The van der Waals surface area contributed by atoms with Crippen LogP contribution in [0.3, 0.4) is 0 Å². The van der Waals surface area contributed by atoms with Crippen molar-refractivity contribution in [1.29, 1.82) is 5.41 Å². The number of rotatable bonds is 5. The maximum atomic E-state index is 12.8. The van der Waals surface area contributed by atoms with Crippen molar-refractivity contribution in [2.24, 2.45) is 5.73 Å². The highest BCUT2D eigenvalue weighted by Gasteiger charge is 2.29. The summed E-state index contributed by atoms with van der Waals surface area (Å²) in [5.41, 5.74) is 7.02. The van der Waals surface area contributed by atoms with Crippen LogP contribution in [0.2, 0.25) is 15.1 Å². The Morgan fingerprint density at radius 3 is 2.56 bits per heavy atom. The van der Waals surface area contributed by atoms with Crippen LogP contribution in [-0.4, -0.2) is 50.7 Å². The molecule has 0 unspecified atom stereocenters. The summed E-state index contributed by atoms with van der Waals surface area (Å²) >= 11 is 18.6. The van der Waals surface area contributed by atoms with Crippen LogP contribution in [0.5, 0.6) is 5.75 Å². The van der Waals surface area contributed by atoms with E-state index in [0.717, 1.165) is 5.69 Å². The maximum Gasteiger partial charge on any atom is 0.253 e. The van der Waals surface area contributed by atoms with E-state index < -0.39 is 0 Å². The molecule has 1 atom stereocenters. The first kappa shape index (κ1) is 22.2. The Morgan fingerprint density at radius 1 is 1.19 bits per heavy atom. The molecule has 0 radical (unpaired) electrons. The van der Waals surface area contributed by atoms with E-state index in [0.29, 0.717) is 35.8 Å². The van der Waals surface area contributed by atoms with Gasteiger partial charge in [-0.05, 0) is 30.7 Å². The number of hydrogen-bond donors (Lipinski definition) is 4. The van der Waals surface area contributed by atoms with E-state index in [-0.39, 0.29) is 39.1 Å². The number of carbonyl (C=O) groups excluding carboxylic acids is 1. The zero-order chi connectivity index (χ0) is 23.0. The topological polar surface area (TPSA) is 133 Å². The van der Waals surface area contributed by atoms with Gasteiger partial charge in [-0.3, -0.25) is 14.8 Å².